The Morgan fingerprint density at radius 3 is 2.50 bits per heavy atom. The number of amides is 1. The first-order chi connectivity index (χ1) is 9.43. The van der Waals surface area contributed by atoms with E-state index in [4.69, 9.17) is 16.3 Å². The summed E-state index contributed by atoms with van der Waals surface area (Å²) in [4.78, 5) is 12.3. The molecule has 1 amide bonds. The number of nitrogens with zero attached hydrogens (tertiary/aromatic N) is 1. The van der Waals surface area contributed by atoms with E-state index in [0.717, 1.165) is 11.4 Å². The lowest BCUT2D eigenvalue weighted by Crippen LogP contribution is -2.12. The molecule has 0 unspecified atom stereocenters. The normalized spacial score (nSPS) is 10.4. The molecule has 0 aliphatic carbocycles. The quantitative estimate of drug-likeness (QED) is 0.940. The van der Waals surface area contributed by atoms with Crippen molar-refractivity contribution in [2.75, 3.05) is 12.4 Å². The van der Waals surface area contributed by atoms with Crippen molar-refractivity contribution in [3.63, 3.8) is 0 Å². The third-order valence-electron chi connectivity index (χ3n) is 3.43. The SMILES string of the molecule is COc1ccc(NC(=O)c2cc(C)n(C)c2C)cc1Cl. The molecule has 0 saturated carbocycles. The van der Waals surface area contributed by atoms with Crippen molar-refractivity contribution in [1.29, 1.82) is 0 Å². The smallest absolute Gasteiger partial charge is 0.257 e. The summed E-state index contributed by atoms with van der Waals surface area (Å²) in [5, 5.41) is 3.30. The maximum absolute atomic E-state index is 12.3. The van der Waals surface area contributed by atoms with Crippen molar-refractivity contribution in [3.05, 3.63) is 46.2 Å². The second-order valence-electron chi connectivity index (χ2n) is 4.65. The summed E-state index contributed by atoms with van der Waals surface area (Å²) in [7, 11) is 3.49. The number of rotatable bonds is 3. The first-order valence-electron chi connectivity index (χ1n) is 6.22. The van der Waals surface area contributed by atoms with Gasteiger partial charge in [0.25, 0.3) is 5.91 Å². The molecule has 1 N–H and O–H groups in total. The van der Waals surface area contributed by atoms with Gasteiger partial charge in [-0.1, -0.05) is 11.6 Å². The predicted octanol–water partition coefficient (Wildman–Crippen LogP) is 3.56. The van der Waals surface area contributed by atoms with E-state index < -0.39 is 0 Å². The van der Waals surface area contributed by atoms with Gasteiger partial charge in [0.1, 0.15) is 5.75 Å². The van der Waals surface area contributed by atoms with Crippen LogP contribution in [0.2, 0.25) is 5.02 Å². The van der Waals surface area contributed by atoms with Crippen molar-refractivity contribution >= 4 is 23.2 Å². The number of halogens is 1. The number of ether oxygens (including phenoxy) is 1. The largest absolute Gasteiger partial charge is 0.495 e. The average molecular weight is 293 g/mol. The molecule has 0 atom stereocenters. The molecule has 106 valence electrons. The Morgan fingerprint density at radius 1 is 1.30 bits per heavy atom. The number of hydrogen-bond donors (Lipinski definition) is 1. The second kappa shape index (κ2) is 5.59. The minimum absolute atomic E-state index is 0.146. The molecule has 0 radical (unpaired) electrons. The first-order valence-corrected chi connectivity index (χ1v) is 6.59. The molecule has 0 fully saturated rings. The molecular formula is C15H17ClN2O2. The van der Waals surface area contributed by atoms with Gasteiger partial charge in [-0.05, 0) is 38.1 Å². The molecule has 0 aliphatic rings. The number of carbonyl (C=O) groups is 1. The zero-order valence-electron chi connectivity index (χ0n) is 12.0. The van der Waals surface area contributed by atoms with Gasteiger partial charge in [0, 0.05) is 24.1 Å². The van der Waals surface area contributed by atoms with Gasteiger partial charge in [0.05, 0.1) is 17.7 Å². The van der Waals surface area contributed by atoms with Crippen LogP contribution in [0.3, 0.4) is 0 Å². The summed E-state index contributed by atoms with van der Waals surface area (Å²) >= 11 is 6.04. The molecular weight excluding hydrogens is 276 g/mol. The molecule has 1 aromatic carbocycles. The molecule has 5 heteroatoms. The number of nitrogens with one attached hydrogen (secondary N) is 1. The van der Waals surface area contributed by atoms with Crippen LogP contribution in [-0.2, 0) is 7.05 Å². The number of aryl methyl sites for hydroxylation is 1. The van der Waals surface area contributed by atoms with Crippen LogP contribution in [0, 0.1) is 13.8 Å². The molecule has 0 aliphatic heterocycles. The summed E-state index contributed by atoms with van der Waals surface area (Å²) in [5.74, 6) is 0.434. The van der Waals surface area contributed by atoms with E-state index in [1.165, 1.54) is 0 Å². The van der Waals surface area contributed by atoms with E-state index in [2.05, 4.69) is 5.32 Å². The molecule has 0 saturated heterocycles. The molecule has 20 heavy (non-hydrogen) atoms. The molecule has 1 aromatic heterocycles. The standard InChI is InChI=1S/C15H17ClN2O2/c1-9-7-12(10(2)18(9)3)15(19)17-11-5-6-14(20-4)13(16)8-11/h5-8H,1-4H3,(H,17,19). The van der Waals surface area contributed by atoms with E-state index in [9.17, 15) is 4.79 Å². The van der Waals surface area contributed by atoms with Gasteiger partial charge in [-0.3, -0.25) is 4.79 Å². The topological polar surface area (TPSA) is 43.3 Å². The Labute approximate surface area is 123 Å². The minimum atomic E-state index is -0.146. The van der Waals surface area contributed by atoms with Crippen LogP contribution in [0.5, 0.6) is 5.75 Å². The van der Waals surface area contributed by atoms with E-state index in [-0.39, 0.29) is 5.91 Å². The van der Waals surface area contributed by atoms with Crippen LogP contribution in [0.15, 0.2) is 24.3 Å². The molecule has 1 heterocycles. The Balaban J connectivity index is 2.23. The number of benzene rings is 1. The van der Waals surface area contributed by atoms with Crippen LogP contribution in [0.25, 0.3) is 0 Å². The Hall–Kier alpha value is -1.94. The van der Waals surface area contributed by atoms with Gasteiger partial charge in [0.15, 0.2) is 0 Å². The van der Waals surface area contributed by atoms with Gasteiger partial charge < -0.3 is 14.6 Å². The van der Waals surface area contributed by atoms with Gasteiger partial charge in [-0.2, -0.15) is 0 Å². The first kappa shape index (κ1) is 14.5. The van der Waals surface area contributed by atoms with Gasteiger partial charge >= 0.3 is 0 Å². The molecule has 2 rings (SSSR count). The van der Waals surface area contributed by atoms with Crippen molar-refractivity contribution in [1.82, 2.24) is 4.57 Å². The highest BCUT2D eigenvalue weighted by Crippen LogP contribution is 2.27. The molecule has 4 nitrogen and oxygen atoms in total. The molecule has 0 bridgehead atoms. The highest BCUT2D eigenvalue weighted by atomic mass is 35.5. The van der Waals surface area contributed by atoms with E-state index in [0.29, 0.717) is 22.0 Å². The second-order valence-corrected chi connectivity index (χ2v) is 5.05. The van der Waals surface area contributed by atoms with Gasteiger partial charge in [-0.15, -0.1) is 0 Å². The van der Waals surface area contributed by atoms with E-state index in [1.54, 1.807) is 25.3 Å². The maximum atomic E-state index is 12.3. The number of anilines is 1. The predicted molar refractivity (Wildman–Crippen MR) is 80.8 cm³/mol. The van der Waals surface area contributed by atoms with E-state index in [1.807, 2.05) is 31.5 Å². The minimum Gasteiger partial charge on any atom is -0.495 e. The lowest BCUT2D eigenvalue weighted by atomic mass is 10.2. The fraction of sp³-hybridized carbons (Fsp3) is 0.267. The Kier molecular flexibility index (Phi) is 4.04. The lowest BCUT2D eigenvalue weighted by molar-refractivity contribution is 0.102. The van der Waals surface area contributed by atoms with Crippen molar-refractivity contribution in [2.24, 2.45) is 7.05 Å². The highest BCUT2D eigenvalue weighted by molar-refractivity contribution is 6.32. The average Bonchev–Trinajstić information content (AvgIpc) is 2.67. The van der Waals surface area contributed by atoms with E-state index >= 15 is 0 Å². The zero-order valence-corrected chi connectivity index (χ0v) is 12.7. The Bertz CT molecular complexity index is 662. The van der Waals surface area contributed by atoms with Crippen LogP contribution in [-0.4, -0.2) is 17.6 Å². The number of carbonyl (C=O) groups excluding carboxylic acids is 1. The Morgan fingerprint density at radius 2 is 2.00 bits per heavy atom. The van der Waals surface area contributed by atoms with Crippen LogP contribution in [0.4, 0.5) is 5.69 Å². The number of hydrogen-bond acceptors (Lipinski definition) is 2. The summed E-state index contributed by atoms with van der Waals surface area (Å²) in [5.41, 5.74) is 3.28. The van der Waals surface area contributed by atoms with Crippen LogP contribution >= 0.6 is 11.6 Å². The summed E-state index contributed by atoms with van der Waals surface area (Å²) in [6, 6.07) is 7.02. The maximum Gasteiger partial charge on any atom is 0.257 e. The third-order valence-corrected chi connectivity index (χ3v) is 3.72. The van der Waals surface area contributed by atoms with Crippen molar-refractivity contribution in [3.8, 4) is 5.75 Å². The van der Waals surface area contributed by atoms with Crippen LogP contribution < -0.4 is 10.1 Å². The number of aromatic nitrogens is 1. The molecule has 2 aromatic rings. The zero-order chi connectivity index (χ0) is 14.9. The number of methoxy groups -OCH3 is 1. The van der Waals surface area contributed by atoms with Gasteiger partial charge in [0.2, 0.25) is 0 Å². The lowest BCUT2D eigenvalue weighted by Gasteiger charge is -2.08. The van der Waals surface area contributed by atoms with Crippen molar-refractivity contribution in [2.45, 2.75) is 13.8 Å². The monoisotopic (exact) mass is 292 g/mol. The fourth-order valence-electron chi connectivity index (χ4n) is 2.03. The molecule has 0 spiro atoms. The highest BCUT2D eigenvalue weighted by Gasteiger charge is 2.14. The fourth-order valence-corrected chi connectivity index (χ4v) is 2.29. The summed E-state index contributed by atoms with van der Waals surface area (Å²) < 4.78 is 7.06. The summed E-state index contributed by atoms with van der Waals surface area (Å²) in [6.07, 6.45) is 0. The summed E-state index contributed by atoms with van der Waals surface area (Å²) in [6.45, 7) is 3.89. The van der Waals surface area contributed by atoms with Gasteiger partial charge in [-0.25, -0.2) is 0 Å². The van der Waals surface area contributed by atoms with Crippen molar-refractivity contribution < 1.29 is 9.53 Å². The third kappa shape index (κ3) is 2.65. The van der Waals surface area contributed by atoms with Crippen LogP contribution in [0.1, 0.15) is 21.7 Å².